The van der Waals surface area contributed by atoms with Crippen molar-refractivity contribution < 1.29 is 26.4 Å². The van der Waals surface area contributed by atoms with Crippen LogP contribution in [0.25, 0.3) is 11.3 Å². The smallest absolute Gasteiger partial charge is 0.351 e. The van der Waals surface area contributed by atoms with E-state index < -0.39 is 28.0 Å². The van der Waals surface area contributed by atoms with E-state index in [9.17, 15) is 26.4 Å². The number of benzene rings is 2. The fourth-order valence-corrected chi connectivity index (χ4v) is 3.83. The summed E-state index contributed by atoms with van der Waals surface area (Å²) < 4.78 is 63.9. The Labute approximate surface area is 205 Å². The highest BCUT2D eigenvalue weighted by Gasteiger charge is 2.33. The average Bonchev–Trinajstić information content (AvgIpc) is 2.80. The minimum atomic E-state index is -4.63. The average molecular weight is 527 g/mol. The number of nitrogens with two attached hydrogens (primary N) is 1. The minimum Gasteiger partial charge on any atom is -0.351 e. The number of carbonyl (C=O) groups excluding carboxylic acids is 1. The lowest BCUT2D eigenvalue weighted by molar-refractivity contribution is -0.141. The first-order valence-electron chi connectivity index (χ1n) is 10.3. The Bertz CT molecular complexity index is 1320. The third-order valence-electron chi connectivity index (χ3n) is 5.17. The van der Waals surface area contributed by atoms with E-state index in [0.717, 1.165) is 6.07 Å². The van der Waals surface area contributed by atoms with Gasteiger partial charge in [-0.1, -0.05) is 54.1 Å². The molecule has 0 aliphatic rings. The van der Waals surface area contributed by atoms with Gasteiger partial charge in [0.05, 0.1) is 11.6 Å². The highest BCUT2D eigenvalue weighted by molar-refractivity contribution is 7.87. The monoisotopic (exact) mass is 526 g/mol. The summed E-state index contributed by atoms with van der Waals surface area (Å²) in [5, 5.41) is 7.99. The Balaban J connectivity index is 1.75. The van der Waals surface area contributed by atoms with Crippen LogP contribution in [0.5, 0.6) is 0 Å². The zero-order valence-electron chi connectivity index (χ0n) is 18.4. The van der Waals surface area contributed by atoms with Gasteiger partial charge < -0.3 is 5.32 Å². The molecule has 186 valence electrons. The zero-order chi connectivity index (χ0) is 25.8. The van der Waals surface area contributed by atoms with Crippen molar-refractivity contribution in [1.29, 1.82) is 0 Å². The Morgan fingerprint density at radius 2 is 1.77 bits per heavy atom. The van der Waals surface area contributed by atoms with E-state index in [1.807, 2.05) is 0 Å². The maximum absolute atomic E-state index is 13.2. The molecule has 35 heavy (non-hydrogen) atoms. The molecule has 0 aliphatic heterocycles. The molecule has 1 amide bonds. The SMILES string of the molecule is CC(C(=O)NCc1ccc(C(F)(F)F)nc1-c1cccc(Cl)c1)c1ccc(CNS(N)(=O)=O)cc1. The molecule has 3 aromatic rings. The summed E-state index contributed by atoms with van der Waals surface area (Å²) in [6.07, 6.45) is -4.63. The molecule has 12 heteroatoms. The number of pyridine rings is 1. The number of halogens is 4. The molecule has 1 aromatic heterocycles. The lowest BCUT2D eigenvalue weighted by atomic mass is 9.98. The molecular weight excluding hydrogens is 505 g/mol. The van der Waals surface area contributed by atoms with Gasteiger partial charge in [0.15, 0.2) is 0 Å². The number of rotatable bonds is 8. The predicted octanol–water partition coefficient (Wildman–Crippen LogP) is 4.13. The number of nitrogens with one attached hydrogen (secondary N) is 2. The van der Waals surface area contributed by atoms with Crippen LogP contribution in [0.2, 0.25) is 5.02 Å². The van der Waals surface area contributed by atoms with E-state index in [-0.39, 0.29) is 24.7 Å². The molecular formula is C23H22ClF3N4O3S. The van der Waals surface area contributed by atoms with Crippen molar-refractivity contribution in [2.45, 2.75) is 32.1 Å². The van der Waals surface area contributed by atoms with Crippen molar-refractivity contribution in [3.05, 3.63) is 88.1 Å². The third-order valence-corrected chi connectivity index (χ3v) is 5.95. The number of carbonyl (C=O) groups is 1. The lowest BCUT2D eigenvalue weighted by Gasteiger charge is -2.16. The van der Waals surface area contributed by atoms with Crippen LogP contribution in [0, 0.1) is 0 Å². The summed E-state index contributed by atoms with van der Waals surface area (Å²) in [5.41, 5.74) is 1.13. The van der Waals surface area contributed by atoms with E-state index in [1.165, 1.54) is 12.1 Å². The summed E-state index contributed by atoms with van der Waals surface area (Å²) in [5.74, 6) is -0.926. The van der Waals surface area contributed by atoms with Gasteiger partial charge in [0, 0.05) is 23.7 Å². The molecule has 0 radical (unpaired) electrons. The van der Waals surface area contributed by atoms with Crippen LogP contribution in [0.3, 0.4) is 0 Å². The van der Waals surface area contributed by atoms with Crippen molar-refractivity contribution in [2.24, 2.45) is 5.14 Å². The van der Waals surface area contributed by atoms with E-state index in [2.05, 4.69) is 15.0 Å². The molecule has 0 fully saturated rings. The Hall–Kier alpha value is -2.99. The van der Waals surface area contributed by atoms with Crippen LogP contribution >= 0.6 is 11.6 Å². The minimum absolute atomic E-state index is 0.00684. The van der Waals surface area contributed by atoms with Crippen molar-refractivity contribution in [3.8, 4) is 11.3 Å². The van der Waals surface area contributed by atoms with Gasteiger partial charge in [-0.25, -0.2) is 10.1 Å². The van der Waals surface area contributed by atoms with Crippen molar-refractivity contribution >= 4 is 27.7 Å². The van der Waals surface area contributed by atoms with Crippen molar-refractivity contribution in [2.75, 3.05) is 0 Å². The number of aromatic nitrogens is 1. The summed E-state index contributed by atoms with van der Waals surface area (Å²) in [4.78, 5) is 16.5. The standard InChI is InChI=1S/C23H22ClF3N4O3S/c1-14(16-7-5-15(6-8-16)12-30-35(28,33)34)22(32)29-13-18-9-10-20(23(25,26)27)31-21(18)17-3-2-4-19(24)11-17/h2-11,14,30H,12-13H2,1H3,(H,29,32)(H2,28,33,34). The number of nitrogens with zero attached hydrogens (tertiary/aromatic N) is 1. The third kappa shape index (κ3) is 7.49. The molecule has 4 N–H and O–H groups in total. The van der Waals surface area contributed by atoms with Crippen LogP contribution in [-0.4, -0.2) is 19.3 Å². The molecule has 1 atom stereocenters. The van der Waals surface area contributed by atoms with E-state index in [1.54, 1.807) is 49.4 Å². The highest BCUT2D eigenvalue weighted by Crippen LogP contribution is 2.32. The second kappa shape index (κ2) is 10.7. The van der Waals surface area contributed by atoms with Gasteiger partial charge in [0.1, 0.15) is 5.69 Å². The predicted molar refractivity (Wildman–Crippen MR) is 126 cm³/mol. The van der Waals surface area contributed by atoms with Gasteiger partial charge in [0.25, 0.3) is 10.2 Å². The summed E-state index contributed by atoms with van der Waals surface area (Å²) >= 11 is 6.01. The van der Waals surface area contributed by atoms with Gasteiger partial charge in [-0.2, -0.15) is 26.3 Å². The molecule has 0 spiro atoms. The van der Waals surface area contributed by atoms with Crippen molar-refractivity contribution in [3.63, 3.8) is 0 Å². The summed E-state index contributed by atoms with van der Waals surface area (Å²) in [7, 11) is -3.82. The summed E-state index contributed by atoms with van der Waals surface area (Å²) in [6.45, 7) is 1.63. The highest BCUT2D eigenvalue weighted by atomic mass is 35.5. The first-order valence-corrected chi connectivity index (χ1v) is 12.2. The first kappa shape index (κ1) is 26.6. The molecule has 0 saturated carbocycles. The second-order valence-corrected chi connectivity index (χ2v) is 9.57. The van der Waals surface area contributed by atoms with E-state index >= 15 is 0 Å². The number of hydrogen-bond donors (Lipinski definition) is 3. The summed E-state index contributed by atoms with van der Waals surface area (Å²) in [6, 6.07) is 15.1. The van der Waals surface area contributed by atoms with Gasteiger partial charge in [-0.05, 0) is 41.8 Å². The van der Waals surface area contributed by atoms with E-state index in [4.69, 9.17) is 16.7 Å². The van der Waals surface area contributed by atoms with Gasteiger partial charge in [-0.3, -0.25) is 4.79 Å². The van der Waals surface area contributed by atoms with Crippen LogP contribution in [0.15, 0.2) is 60.7 Å². The quantitative estimate of drug-likeness (QED) is 0.409. The fourth-order valence-electron chi connectivity index (χ4n) is 3.27. The van der Waals surface area contributed by atoms with Gasteiger partial charge in [-0.15, -0.1) is 0 Å². The first-order chi connectivity index (χ1) is 16.3. The molecule has 1 unspecified atom stereocenters. The van der Waals surface area contributed by atoms with Crippen LogP contribution < -0.4 is 15.2 Å². The Morgan fingerprint density at radius 3 is 2.37 bits per heavy atom. The molecule has 3 rings (SSSR count). The number of hydrogen-bond acceptors (Lipinski definition) is 4. The largest absolute Gasteiger partial charge is 0.433 e. The van der Waals surface area contributed by atoms with Crippen LogP contribution in [0.4, 0.5) is 13.2 Å². The topological polar surface area (TPSA) is 114 Å². The maximum atomic E-state index is 13.2. The Morgan fingerprint density at radius 1 is 1.09 bits per heavy atom. The van der Waals surface area contributed by atoms with Crippen molar-refractivity contribution in [1.82, 2.24) is 15.0 Å². The number of alkyl halides is 3. The molecule has 0 saturated heterocycles. The fraction of sp³-hybridized carbons (Fsp3) is 0.217. The maximum Gasteiger partial charge on any atom is 0.433 e. The van der Waals surface area contributed by atoms with Crippen LogP contribution in [0.1, 0.15) is 35.2 Å². The van der Waals surface area contributed by atoms with Crippen LogP contribution in [-0.2, 0) is 34.3 Å². The lowest BCUT2D eigenvalue weighted by Crippen LogP contribution is -2.30. The number of amides is 1. The van der Waals surface area contributed by atoms with E-state index in [0.29, 0.717) is 27.3 Å². The molecule has 1 heterocycles. The Kier molecular flexibility index (Phi) is 8.16. The normalized spacial score (nSPS) is 12.9. The van der Waals surface area contributed by atoms with Gasteiger partial charge in [0.2, 0.25) is 5.91 Å². The molecule has 7 nitrogen and oxygen atoms in total. The van der Waals surface area contributed by atoms with Gasteiger partial charge >= 0.3 is 6.18 Å². The second-order valence-electron chi connectivity index (χ2n) is 7.76. The molecule has 2 aromatic carbocycles. The molecule has 0 bridgehead atoms. The molecule has 0 aliphatic carbocycles. The zero-order valence-corrected chi connectivity index (χ0v) is 20.0.